The molecule has 0 aliphatic carbocycles. The Labute approximate surface area is 99.6 Å². The van der Waals surface area contributed by atoms with Gasteiger partial charge < -0.3 is 10.4 Å². The molecule has 1 amide bonds. The smallest absolute Gasteiger partial charge is 0.303 e. The third-order valence-corrected chi connectivity index (χ3v) is 2.36. The summed E-state index contributed by atoms with van der Waals surface area (Å²) in [5.41, 5.74) is 1.25. The van der Waals surface area contributed by atoms with Crippen molar-refractivity contribution in [2.45, 2.75) is 26.2 Å². The first kappa shape index (κ1) is 13.2. The molecule has 0 aromatic carbocycles. The highest BCUT2D eigenvalue weighted by Crippen LogP contribution is 2.04. The van der Waals surface area contributed by atoms with Crippen LogP contribution < -0.4 is 5.32 Å². The fourth-order valence-corrected chi connectivity index (χ4v) is 1.52. The molecule has 0 aliphatic rings. The maximum atomic E-state index is 11.7. The molecule has 0 atom stereocenters. The minimum absolute atomic E-state index is 0.141. The van der Waals surface area contributed by atoms with Crippen LogP contribution in [0.3, 0.4) is 0 Å². The molecule has 17 heavy (non-hydrogen) atoms. The van der Waals surface area contributed by atoms with E-state index in [1.165, 1.54) is 0 Å². The summed E-state index contributed by atoms with van der Waals surface area (Å²) in [6, 6.07) is 0. The van der Waals surface area contributed by atoms with Gasteiger partial charge in [-0.05, 0) is 19.8 Å². The van der Waals surface area contributed by atoms with Gasteiger partial charge in [0.05, 0.1) is 11.3 Å². The first-order valence-electron chi connectivity index (χ1n) is 5.51. The quantitative estimate of drug-likeness (QED) is 0.716. The second-order valence-electron chi connectivity index (χ2n) is 3.91. The van der Waals surface area contributed by atoms with E-state index in [0.717, 1.165) is 0 Å². The van der Waals surface area contributed by atoms with E-state index in [2.05, 4.69) is 10.4 Å². The number of aliphatic carboxylic acids is 1. The lowest BCUT2D eigenvalue weighted by molar-refractivity contribution is -0.137. The number of carbonyl (C=O) groups excluding carboxylic acids is 1. The molecule has 0 fully saturated rings. The third-order valence-electron chi connectivity index (χ3n) is 2.36. The number of hydrogen-bond donors (Lipinski definition) is 2. The summed E-state index contributed by atoms with van der Waals surface area (Å²) in [6.07, 6.45) is 3.04. The van der Waals surface area contributed by atoms with E-state index in [1.807, 2.05) is 0 Å². The number of nitrogens with one attached hydrogen (secondary N) is 1. The molecular formula is C11H17N3O3. The highest BCUT2D eigenvalue weighted by Gasteiger charge is 2.11. The average molecular weight is 239 g/mol. The van der Waals surface area contributed by atoms with Gasteiger partial charge in [0.25, 0.3) is 5.91 Å². The molecule has 1 aromatic heterocycles. The highest BCUT2D eigenvalue weighted by atomic mass is 16.4. The minimum atomic E-state index is -0.806. The fourth-order valence-electron chi connectivity index (χ4n) is 1.52. The molecule has 0 spiro atoms. The van der Waals surface area contributed by atoms with Crippen molar-refractivity contribution in [3.05, 3.63) is 17.5 Å². The Kier molecular flexibility index (Phi) is 4.68. The van der Waals surface area contributed by atoms with Crippen LogP contribution in [-0.4, -0.2) is 33.3 Å². The van der Waals surface area contributed by atoms with Gasteiger partial charge in [-0.1, -0.05) is 0 Å². The van der Waals surface area contributed by atoms with Crippen molar-refractivity contribution in [1.29, 1.82) is 0 Å². The molecule has 94 valence electrons. The molecule has 0 saturated heterocycles. The van der Waals surface area contributed by atoms with Crippen molar-refractivity contribution in [3.8, 4) is 0 Å². The monoisotopic (exact) mass is 239 g/mol. The van der Waals surface area contributed by atoms with E-state index in [4.69, 9.17) is 5.11 Å². The van der Waals surface area contributed by atoms with Crippen LogP contribution in [-0.2, 0) is 11.8 Å². The zero-order valence-electron chi connectivity index (χ0n) is 10.1. The number of aryl methyl sites for hydroxylation is 2. The fraction of sp³-hybridized carbons (Fsp3) is 0.545. The predicted molar refractivity (Wildman–Crippen MR) is 61.8 cm³/mol. The van der Waals surface area contributed by atoms with E-state index < -0.39 is 5.97 Å². The molecule has 0 unspecified atom stereocenters. The van der Waals surface area contributed by atoms with Crippen molar-refractivity contribution in [1.82, 2.24) is 15.1 Å². The number of carboxylic acid groups (broad SMARTS) is 1. The van der Waals surface area contributed by atoms with Crippen molar-refractivity contribution >= 4 is 11.9 Å². The standard InChI is InChI=1S/C11H17N3O3/c1-8-9(7-14(2)13-8)11(17)12-6-4-3-5-10(15)16/h7H,3-6H2,1-2H3,(H,12,17)(H,15,16). The van der Waals surface area contributed by atoms with Crippen molar-refractivity contribution in [3.63, 3.8) is 0 Å². The zero-order valence-corrected chi connectivity index (χ0v) is 10.1. The molecule has 1 aromatic rings. The van der Waals surface area contributed by atoms with Crippen molar-refractivity contribution in [2.75, 3.05) is 6.54 Å². The Hall–Kier alpha value is -1.85. The Morgan fingerprint density at radius 3 is 2.71 bits per heavy atom. The summed E-state index contributed by atoms with van der Waals surface area (Å²) in [5.74, 6) is -0.967. The number of rotatable bonds is 6. The minimum Gasteiger partial charge on any atom is -0.481 e. The van der Waals surface area contributed by atoms with Gasteiger partial charge in [0.2, 0.25) is 0 Å². The van der Waals surface area contributed by atoms with Gasteiger partial charge in [-0.3, -0.25) is 14.3 Å². The zero-order chi connectivity index (χ0) is 12.8. The Balaban J connectivity index is 2.30. The van der Waals surface area contributed by atoms with Crippen LogP contribution >= 0.6 is 0 Å². The molecule has 0 saturated carbocycles. The highest BCUT2D eigenvalue weighted by molar-refractivity contribution is 5.94. The summed E-state index contributed by atoms with van der Waals surface area (Å²) < 4.78 is 1.59. The molecule has 1 rings (SSSR count). The van der Waals surface area contributed by atoms with Crippen LogP contribution in [0, 0.1) is 6.92 Å². The van der Waals surface area contributed by atoms with Gasteiger partial charge >= 0.3 is 5.97 Å². The van der Waals surface area contributed by atoms with Crippen molar-refractivity contribution < 1.29 is 14.7 Å². The average Bonchev–Trinajstić information content (AvgIpc) is 2.56. The summed E-state index contributed by atoms with van der Waals surface area (Å²) in [4.78, 5) is 22.0. The van der Waals surface area contributed by atoms with Crippen LogP contribution in [0.25, 0.3) is 0 Å². The lowest BCUT2D eigenvalue weighted by Crippen LogP contribution is -2.24. The maximum Gasteiger partial charge on any atom is 0.303 e. The predicted octanol–water partition coefficient (Wildman–Crippen LogP) is 0.713. The lowest BCUT2D eigenvalue weighted by Gasteiger charge is -2.03. The number of nitrogens with zero attached hydrogens (tertiary/aromatic N) is 2. The Morgan fingerprint density at radius 2 is 2.18 bits per heavy atom. The first-order valence-corrected chi connectivity index (χ1v) is 5.51. The number of carboxylic acids is 1. The summed E-state index contributed by atoms with van der Waals surface area (Å²) in [7, 11) is 1.76. The second-order valence-corrected chi connectivity index (χ2v) is 3.91. The van der Waals surface area contributed by atoms with Crippen LogP contribution in [0.2, 0.25) is 0 Å². The van der Waals surface area contributed by atoms with E-state index in [1.54, 1.807) is 24.9 Å². The number of carbonyl (C=O) groups is 2. The van der Waals surface area contributed by atoms with Crippen LogP contribution in [0.4, 0.5) is 0 Å². The number of aromatic nitrogens is 2. The Morgan fingerprint density at radius 1 is 1.47 bits per heavy atom. The summed E-state index contributed by atoms with van der Waals surface area (Å²) >= 11 is 0. The molecule has 1 heterocycles. The van der Waals surface area contributed by atoms with Gasteiger partial charge in [0.15, 0.2) is 0 Å². The van der Waals surface area contributed by atoms with E-state index in [9.17, 15) is 9.59 Å². The lowest BCUT2D eigenvalue weighted by atomic mass is 10.2. The largest absolute Gasteiger partial charge is 0.481 e. The van der Waals surface area contributed by atoms with Gasteiger partial charge in [-0.2, -0.15) is 5.10 Å². The molecule has 2 N–H and O–H groups in total. The van der Waals surface area contributed by atoms with Gasteiger partial charge in [-0.15, -0.1) is 0 Å². The molecule has 0 radical (unpaired) electrons. The molecular weight excluding hydrogens is 222 g/mol. The maximum absolute atomic E-state index is 11.7. The molecule has 0 bridgehead atoms. The van der Waals surface area contributed by atoms with Crippen LogP contribution in [0.1, 0.15) is 35.3 Å². The topological polar surface area (TPSA) is 84.2 Å². The number of amides is 1. The molecule has 6 heteroatoms. The van der Waals surface area contributed by atoms with Crippen molar-refractivity contribution in [2.24, 2.45) is 7.05 Å². The van der Waals surface area contributed by atoms with Gasteiger partial charge in [-0.25, -0.2) is 0 Å². The van der Waals surface area contributed by atoms with E-state index >= 15 is 0 Å². The Bertz CT molecular complexity index is 412. The number of unbranched alkanes of at least 4 members (excludes halogenated alkanes) is 1. The summed E-state index contributed by atoms with van der Waals surface area (Å²) in [6.45, 7) is 2.26. The molecule has 0 aliphatic heterocycles. The van der Waals surface area contributed by atoms with E-state index in [-0.39, 0.29) is 12.3 Å². The SMILES string of the molecule is Cc1nn(C)cc1C(=O)NCCCCC(=O)O. The second kappa shape index (κ2) is 6.03. The van der Waals surface area contributed by atoms with E-state index in [0.29, 0.717) is 30.6 Å². The normalized spacial score (nSPS) is 10.2. The van der Waals surface area contributed by atoms with Crippen LogP contribution in [0.5, 0.6) is 0 Å². The number of hydrogen-bond acceptors (Lipinski definition) is 3. The van der Waals surface area contributed by atoms with Gasteiger partial charge in [0.1, 0.15) is 0 Å². The first-order chi connectivity index (χ1) is 8.00. The molecule has 6 nitrogen and oxygen atoms in total. The third kappa shape index (κ3) is 4.26. The van der Waals surface area contributed by atoms with Crippen LogP contribution in [0.15, 0.2) is 6.20 Å². The van der Waals surface area contributed by atoms with Gasteiger partial charge in [0, 0.05) is 26.2 Å². The summed E-state index contributed by atoms with van der Waals surface area (Å²) in [5, 5.41) is 15.3.